The molecule has 256 valence electrons. The summed E-state index contributed by atoms with van der Waals surface area (Å²) in [5, 5.41) is 19.8. The molecular formula is C37H35F3N8O2. The van der Waals surface area contributed by atoms with Crippen LogP contribution in [0, 0.1) is 24.0 Å². The highest BCUT2D eigenvalue weighted by Crippen LogP contribution is 2.44. The molecule has 5 aromatic rings. The van der Waals surface area contributed by atoms with E-state index in [1.165, 1.54) is 24.3 Å². The number of aryl methyl sites for hydroxylation is 1. The molecular weight excluding hydrogens is 645 g/mol. The van der Waals surface area contributed by atoms with Crippen LogP contribution in [0.4, 0.5) is 19.0 Å². The number of hydrogen-bond acceptors (Lipinski definition) is 9. The monoisotopic (exact) mass is 680 g/mol. The van der Waals surface area contributed by atoms with Crippen LogP contribution >= 0.6 is 0 Å². The van der Waals surface area contributed by atoms with E-state index in [2.05, 4.69) is 26.1 Å². The fourth-order valence-corrected chi connectivity index (χ4v) is 8.73. The van der Waals surface area contributed by atoms with Gasteiger partial charge in [0.1, 0.15) is 41.4 Å². The average Bonchev–Trinajstić information content (AvgIpc) is 3.86. The first-order valence-electron chi connectivity index (χ1n) is 17.0. The van der Waals surface area contributed by atoms with Crippen molar-refractivity contribution in [2.24, 2.45) is 7.05 Å². The van der Waals surface area contributed by atoms with Crippen molar-refractivity contribution in [2.75, 3.05) is 37.7 Å². The van der Waals surface area contributed by atoms with E-state index in [9.17, 15) is 9.50 Å². The fraction of sp³-hybridized carbons (Fsp3) is 0.405. The van der Waals surface area contributed by atoms with Gasteiger partial charge in [-0.25, -0.2) is 18.2 Å². The van der Waals surface area contributed by atoms with Crippen LogP contribution in [0.3, 0.4) is 0 Å². The molecule has 10 nitrogen and oxygen atoms in total. The van der Waals surface area contributed by atoms with Gasteiger partial charge in [-0.15, -0.1) is 6.42 Å². The minimum atomic E-state index is -0.939. The molecule has 2 N–H and O–H groups in total. The number of rotatable bonds is 6. The standard InChI is InChI=1S/C37H35F3N8O2/c1-3-26-28(39)8-5-20-11-25(49)12-27(29(20)26)33-31(40)34-30(32(43-33)21-14-41-46(2)15-21)35(47-17-23-6-7-24(18-47)42-23)45-36(44-34)50-19-37-9-4-10-48(37)16-22(38)13-37/h1,5,8,11-12,14-15,22-24,42,49H,4,6-7,9-10,13,16-19H2,2H3/t22-,23-,24+,37+/m1/s1. The number of terminal acetylenes is 1. The van der Waals surface area contributed by atoms with Crippen LogP contribution in [0.1, 0.15) is 37.7 Å². The normalized spacial score (nSPS) is 24.7. The van der Waals surface area contributed by atoms with Gasteiger partial charge in [0.05, 0.1) is 28.4 Å². The quantitative estimate of drug-likeness (QED) is 0.237. The molecule has 0 spiro atoms. The number of fused-ring (bicyclic) bond motifs is 5. The molecule has 9 rings (SSSR count). The van der Waals surface area contributed by atoms with Crippen molar-refractivity contribution < 1.29 is 23.0 Å². The summed E-state index contributed by atoms with van der Waals surface area (Å²) < 4.78 is 55.1. The third-order valence-corrected chi connectivity index (χ3v) is 10.9. The summed E-state index contributed by atoms with van der Waals surface area (Å²) in [6.07, 6.45) is 12.4. The first kappa shape index (κ1) is 31.1. The fourth-order valence-electron chi connectivity index (χ4n) is 8.73. The van der Waals surface area contributed by atoms with E-state index in [1.807, 2.05) is 0 Å². The highest BCUT2D eigenvalue weighted by atomic mass is 19.1. The maximum atomic E-state index is 17.4. The van der Waals surface area contributed by atoms with Crippen molar-refractivity contribution in [1.82, 2.24) is 34.9 Å². The number of phenols is 1. The van der Waals surface area contributed by atoms with Crippen LogP contribution in [0.15, 0.2) is 36.7 Å². The Kier molecular flexibility index (Phi) is 7.19. The molecule has 0 saturated carbocycles. The minimum Gasteiger partial charge on any atom is -0.508 e. The molecule has 0 aliphatic carbocycles. The molecule has 4 aliphatic heterocycles. The van der Waals surface area contributed by atoms with Crippen LogP contribution < -0.4 is 15.0 Å². The number of nitrogens with zero attached hydrogens (tertiary/aromatic N) is 7. The van der Waals surface area contributed by atoms with Crippen LogP contribution in [0.5, 0.6) is 11.8 Å². The summed E-state index contributed by atoms with van der Waals surface area (Å²) in [6, 6.07) is 5.94. The number of alkyl halides is 1. The van der Waals surface area contributed by atoms with Crippen molar-refractivity contribution >= 4 is 27.5 Å². The number of pyridine rings is 1. The molecule has 50 heavy (non-hydrogen) atoms. The van der Waals surface area contributed by atoms with Gasteiger partial charge in [0.15, 0.2) is 5.82 Å². The summed E-state index contributed by atoms with van der Waals surface area (Å²) in [4.78, 5) is 18.9. The number of nitrogens with one attached hydrogen (secondary N) is 1. The summed E-state index contributed by atoms with van der Waals surface area (Å²) in [5.74, 6) is 1.26. The highest BCUT2D eigenvalue weighted by Gasteiger charge is 2.49. The van der Waals surface area contributed by atoms with Crippen molar-refractivity contribution in [3.63, 3.8) is 0 Å². The van der Waals surface area contributed by atoms with E-state index < -0.39 is 23.3 Å². The number of halogens is 3. The SMILES string of the molecule is C#Cc1c(F)ccc2cc(O)cc(-c3nc(-c4cnn(C)c4)c4c(N5C[C@H]6CC[C@@H](C5)N6)nc(OC[C@@]56CCCN5C[C@H](F)C6)nc4c3F)c12. The lowest BCUT2D eigenvalue weighted by Crippen LogP contribution is -2.51. The minimum absolute atomic E-state index is 0.0220. The predicted octanol–water partition coefficient (Wildman–Crippen LogP) is 5.11. The van der Waals surface area contributed by atoms with Crippen molar-refractivity contribution in [1.29, 1.82) is 0 Å². The molecule has 2 aromatic carbocycles. The molecule has 4 atom stereocenters. The Hall–Kier alpha value is -4.93. The Morgan fingerprint density at radius 1 is 1.08 bits per heavy atom. The topological polar surface area (TPSA) is 104 Å². The van der Waals surface area contributed by atoms with Gasteiger partial charge in [-0.2, -0.15) is 15.1 Å². The molecule has 13 heteroatoms. The third kappa shape index (κ3) is 4.95. The second-order valence-electron chi connectivity index (χ2n) is 14.1. The van der Waals surface area contributed by atoms with Gasteiger partial charge in [0.2, 0.25) is 0 Å². The largest absolute Gasteiger partial charge is 0.508 e. The number of benzene rings is 2. The Labute approximate surface area is 286 Å². The summed E-state index contributed by atoms with van der Waals surface area (Å²) in [6.45, 7) is 2.62. The summed E-state index contributed by atoms with van der Waals surface area (Å²) in [5.41, 5.74) is 0.295. The number of hydrogen-bond donors (Lipinski definition) is 2. The summed E-state index contributed by atoms with van der Waals surface area (Å²) >= 11 is 0. The molecule has 2 bridgehead atoms. The lowest BCUT2D eigenvalue weighted by Gasteiger charge is -2.35. The molecule has 0 radical (unpaired) electrons. The lowest BCUT2D eigenvalue weighted by molar-refractivity contribution is 0.107. The number of phenolic OH excluding ortho intramolecular Hbond substituents is 1. The van der Waals surface area contributed by atoms with Crippen LogP contribution in [0.25, 0.3) is 44.2 Å². The van der Waals surface area contributed by atoms with E-state index in [-0.39, 0.29) is 58.2 Å². The third-order valence-electron chi connectivity index (χ3n) is 10.9. The van der Waals surface area contributed by atoms with Gasteiger partial charge in [-0.1, -0.05) is 12.0 Å². The van der Waals surface area contributed by atoms with Crippen LogP contribution in [-0.2, 0) is 7.05 Å². The van der Waals surface area contributed by atoms with Crippen LogP contribution in [0.2, 0.25) is 0 Å². The first-order chi connectivity index (χ1) is 24.2. The maximum absolute atomic E-state index is 17.4. The van der Waals surface area contributed by atoms with Gasteiger partial charge < -0.3 is 20.1 Å². The van der Waals surface area contributed by atoms with Gasteiger partial charge in [-0.3, -0.25) is 9.58 Å². The Morgan fingerprint density at radius 2 is 1.90 bits per heavy atom. The predicted molar refractivity (Wildman–Crippen MR) is 183 cm³/mol. The first-order valence-corrected chi connectivity index (χ1v) is 17.0. The second-order valence-corrected chi connectivity index (χ2v) is 14.1. The maximum Gasteiger partial charge on any atom is 0.319 e. The Morgan fingerprint density at radius 3 is 2.66 bits per heavy atom. The van der Waals surface area contributed by atoms with Gasteiger partial charge >= 0.3 is 6.01 Å². The van der Waals surface area contributed by atoms with Crippen molar-refractivity contribution in [3.05, 3.63) is 53.9 Å². The van der Waals surface area contributed by atoms with Gasteiger partial charge in [-0.05, 0) is 55.8 Å². The van der Waals surface area contributed by atoms with Gasteiger partial charge in [0.25, 0.3) is 0 Å². The smallest absolute Gasteiger partial charge is 0.319 e. The van der Waals surface area contributed by atoms with E-state index in [0.29, 0.717) is 53.9 Å². The molecule has 4 saturated heterocycles. The van der Waals surface area contributed by atoms with Crippen molar-refractivity contribution in [3.8, 4) is 46.6 Å². The zero-order valence-electron chi connectivity index (χ0n) is 27.5. The van der Waals surface area contributed by atoms with Gasteiger partial charge in [0, 0.05) is 67.9 Å². The molecule has 3 aromatic heterocycles. The number of aromatic nitrogens is 5. The number of aromatic hydroxyl groups is 1. The number of anilines is 1. The molecule has 7 heterocycles. The second kappa shape index (κ2) is 11.6. The number of piperazine rings is 1. The van der Waals surface area contributed by atoms with E-state index in [1.54, 1.807) is 24.1 Å². The zero-order chi connectivity index (χ0) is 34.3. The van der Waals surface area contributed by atoms with E-state index in [4.69, 9.17) is 26.1 Å². The van der Waals surface area contributed by atoms with E-state index >= 15 is 8.78 Å². The zero-order valence-corrected chi connectivity index (χ0v) is 27.5. The summed E-state index contributed by atoms with van der Waals surface area (Å²) in [7, 11) is 1.77. The molecule has 0 unspecified atom stereocenters. The molecule has 4 aliphatic rings. The average molecular weight is 681 g/mol. The van der Waals surface area contributed by atoms with E-state index in [0.717, 1.165) is 32.2 Å². The van der Waals surface area contributed by atoms with Crippen molar-refractivity contribution in [2.45, 2.75) is 55.9 Å². The Bertz CT molecular complexity index is 2220. The molecule has 0 amide bonds. The van der Waals surface area contributed by atoms with Crippen LogP contribution in [-0.4, -0.2) is 91.3 Å². The lowest BCUT2D eigenvalue weighted by atomic mass is 9.95. The highest BCUT2D eigenvalue weighted by molar-refractivity contribution is 6.06. The Balaban J connectivity index is 1.30. The molecule has 4 fully saturated rings. The number of ether oxygens (including phenoxy) is 1.